The minimum absolute atomic E-state index is 0.0168. The molecule has 0 unspecified atom stereocenters. The Labute approximate surface area is 147 Å². The van der Waals surface area contributed by atoms with Crippen molar-refractivity contribution in [1.82, 2.24) is 0 Å². The highest BCUT2D eigenvalue weighted by molar-refractivity contribution is 5.67. The molecule has 0 fully saturated rings. The summed E-state index contributed by atoms with van der Waals surface area (Å²) >= 11 is 0. The highest BCUT2D eigenvalue weighted by atomic mass is 16.6. The van der Waals surface area contributed by atoms with Gasteiger partial charge in [0, 0.05) is 26.2 Å². The summed E-state index contributed by atoms with van der Waals surface area (Å²) in [4.78, 5) is 32.2. The van der Waals surface area contributed by atoms with E-state index in [-0.39, 0.29) is 39.6 Å². The molecule has 0 rings (SSSR count). The van der Waals surface area contributed by atoms with Crippen molar-refractivity contribution >= 4 is 17.9 Å². The second kappa shape index (κ2) is 12.6. The summed E-state index contributed by atoms with van der Waals surface area (Å²) in [6.45, 7) is 6.64. The normalized spacial score (nSPS) is 11.0. The standard InChI is InChI=1S/C11H18O6.C5H12O3/c1-8(12)15-5-11(4,6-16-9(2)13)7-17-10(3)14;1-5(2-6,3-7)4-8/h5-7H2,1-4H3;6-8H,2-4H2,1H3. The van der Waals surface area contributed by atoms with E-state index < -0.39 is 28.7 Å². The van der Waals surface area contributed by atoms with Crippen molar-refractivity contribution in [3.8, 4) is 0 Å². The largest absolute Gasteiger partial charge is 0.465 e. The average molecular weight is 366 g/mol. The molecule has 9 heteroatoms. The summed E-state index contributed by atoms with van der Waals surface area (Å²) in [5.41, 5.74) is -1.44. The van der Waals surface area contributed by atoms with E-state index in [2.05, 4.69) is 0 Å². The third-order valence-electron chi connectivity index (χ3n) is 3.02. The Hall–Kier alpha value is -1.71. The van der Waals surface area contributed by atoms with Gasteiger partial charge in [-0.25, -0.2) is 0 Å². The molecule has 3 N–H and O–H groups in total. The van der Waals surface area contributed by atoms with Gasteiger partial charge in [-0.15, -0.1) is 0 Å². The van der Waals surface area contributed by atoms with Crippen LogP contribution in [0.1, 0.15) is 34.6 Å². The minimum atomic E-state index is -0.733. The minimum Gasteiger partial charge on any atom is -0.465 e. The summed E-state index contributed by atoms with van der Waals surface area (Å²) in [6.07, 6.45) is 0. The van der Waals surface area contributed by atoms with E-state index in [9.17, 15) is 14.4 Å². The fourth-order valence-corrected chi connectivity index (χ4v) is 1.10. The smallest absolute Gasteiger partial charge is 0.302 e. The Bertz CT molecular complexity index is 362. The van der Waals surface area contributed by atoms with Gasteiger partial charge in [0.2, 0.25) is 0 Å². The molecule has 0 aromatic rings. The zero-order valence-electron chi connectivity index (χ0n) is 15.5. The molecule has 0 saturated heterocycles. The fraction of sp³-hybridized carbons (Fsp3) is 0.812. The van der Waals surface area contributed by atoms with Crippen LogP contribution in [0.25, 0.3) is 0 Å². The number of ether oxygens (including phenoxy) is 3. The molecule has 0 bridgehead atoms. The van der Waals surface area contributed by atoms with Crippen LogP contribution in [0.3, 0.4) is 0 Å². The highest BCUT2D eigenvalue weighted by Gasteiger charge is 2.29. The van der Waals surface area contributed by atoms with Crippen LogP contribution in [0.4, 0.5) is 0 Å². The van der Waals surface area contributed by atoms with Crippen LogP contribution in [-0.2, 0) is 28.6 Å². The van der Waals surface area contributed by atoms with Gasteiger partial charge < -0.3 is 29.5 Å². The fourth-order valence-electron chi connectivity index (χ4n) is 1.10. The second-order valence-corrected chi connectivity index (χ2v) is 6.44. The van der Waals surface area contributed by atoms with Gasteiger partial charge in [-0.1, -0.05) is 6.92 Å². The number of aliphatic hydroxyl groups excluding tert-OH is 3. The number of carbonyl (C=O) groups excluding carboxylic acids is 3. The van der Waals surface area contributed by atoms with Gasteiger partial charge in [0.25, 0.3) is 0 Å². The predicted octanol–water partition coefficient (Wildman–Crippen LogP) is -0.348. The molecule has 0 spiro atoms. The predicted molar refractivity (Wildman–Crippen MR) is 87.4 cm³/mol. The first-order chi connectivity index (χ1) is 11.4. The molecule has 0 aliphatic heterocycles. The van der Waals surface area contributed by atoms with Crippen molar-refractivity contribution in [3.05, 3.63) is 0 Å². The van der Waals surface area contributed by atoms with Crippen LogP contribution in [-0.4, -0.2) is 72.9 Å². The first kappa shape index (κ1) is 25.5. The topological polar surface area (TPSA) is 140 Å². The van der Waals surface area contributed by atoms with Crippen LogP contribution in [0.2, 0.25) is 0 Å². The molecule has 0 saturated carbocycles. The Morgan fingerprint density at radius 2 is 0.880 bits per heavy atom. The van der Waals surface area contributed by atoms with Gasteiger partial charge in [-0.05, 0) is 6.92 Å². The first-order valence-corrected chi connectivity index (χ1v) is 7.66. The number of hydrogen-bond donors (Lipinski definition) is 3. The van der Waals surface area contributed by atoms with Crippen molar-refractivity contribution in [2.45, 2.75) is 34.6 Å². The molecular weight excluding hydrogens is 336 g/mol. The van der Waals surface area contributed by atoms with Crippen molar-refractivity contribution in [1.29, 1.82) is 0 Å². The molecule has 0 amide bonds. The monoisotopic (exact) mass is 366 g/mol. The van der Waals surface area contributed by atoms with Crippen molar-refractivity contribution < 1.29 is 43.9 Å². The Kier molecular flexibility index (Phi) is 12.9. The summed E-state index contributed by atoms with van der Waals surface area (Å²) in [6, 6.07) is 0. The number of hydrogen-bond acceptors (Lipinski definition) is 9. The van der Waals surface area contributed by atoms with Crippen LogP contribution in [0.5, 0.6) is 0 Å². The maximum absolute atomic E-state index is 10.7. The zero-order chi connectivity index (χ0) is 20.1. The number of aliphatic hydroxyl groups is 3. The average Bonchev–Trinajstić information content (AvgIpc) is 2.56. The molecule has 0 aliphatic carbocycles. The number of rotatable bonds is 9. The maximum atomic E-state index is 10.7. The van der Waals surface area contributed by atoms with E-state index >= 15 is 0 Å². The molecule has 9 nitrogen and oxygen atoms in total. The van der Waals surface area contributed by atoms with Crippen LogP contribution >= 0.6 is 0 Å². The van der Waals surface area contributed by atoms with Crippen LogP contribution in [0.15, 0.2) is 0 Å². The lowest BCUT2D eigenvalue weighted by atomic mass is 9.94. The second-order valence-electron chi connectivity index (χ2n) is 6.44. The zero-order valence-corrected chi connectivity index (χ0v) is 15.5. The van der Waals surface area contributed by atoms with E-state index in [1.165, 1.54) is 20.8 Å². The third-order valence-corrected chi connectivity index (χ3v) is 3.02. The lowest BCUT2D eigenvalue weighted by Crippen LogP contribution is -2.36. The van der Waals surface area contributed by atoms with Crippen molar-refractivity contribution in [2.24, 2.45) is 10.8 Å². The lowest BCUT2D eigenvalue weighted by Gasteiger charge is -2.27. The number of carbonyl (C=O) groups is 3. The van der Waals surface area contributed by atoms with Gasteiger partial charge in [-0.2, -0.15) is 0 Å². The quantitative estimate of drug-likeness (QED) is 0.369. The van der Waals surface area contributed by atoms with Gasteiger partial charge in [0.15, 0.2) is 0 Å². The first-order valence-electron chi connectivity index (χ1n) is 7.66. The van der Waals surface area contributed by atoms with Gasteiger partial charge in [0.1, 0.15) is 19.8 Å². The molecule has 0 radical (unpaired) electrons. The SMILES string of the molecule is CC(=O)OCC(C)(COC(C)=O)COC(C)=O.CC(CO)(CO)CO. The number of esters is 3. The molecule has 0 aromatic heterocycles. The third kappa shape index (κ3) is 14.3. The molecule has 0 aliphatic rings. The van der Waals surface area contributed by atoms with Crippen LogP contribution < -0.4 is 0 Å². The van der Waals surface area contributed by atoms with E-state index in [4.69, 9.17) is 29.5 Å². The van der Waals surface area contributed by atoms with E-state index in [0.717, 1.165) is 0 Å². The summed E-state index contributed by atoms with van der Waals surface area (Å²) < 4.78 is 14.6. The Balaban J connectivity index is 0. The summed E-state index contributed by atoms with van der Waals surface area (Å²) in [5, 5.41) is 25.4. The summed E-state index contributed by atoms with van der Waals surface area (Å²) in [5.74, 6) is -1.33. The van der Waals surface area contributed by atoms with E-state index in [1.807, 2.05) is 0 Å². The summed E-state index contributed by atoms with van der Waals surface area (Å²) in [7, 11) is 0. The Morgan fingerprint density at radius 3 is 1.00 bits per heavy atom. The van der Waals surface area contributed by atoms with Gasteiger partial charge in [-0.3, -0.25) is 14.4 Å². The highest BCUT2D eigenvalue weighted by Crippen LogP contribution is 2.18. The van der Waals surface area contributed by atoms with E-state index in [0.29, 0.717) is 0 Å². The van der Waals surface area contributed by atoms with E-state index in [1.54, 1.807) is 13.8 Å². The van der Waals surface area contributed by atoms with Gasteiger partial charge in [0.05, 0.1) is 25.2 Å². The maximum Gasteiger partial charge on any atom is 0.302 e. The molecule has 0 atom stereocenters. The molecule has 148 valence electrons. The Morgan fingerprint density at radius 1 is 0.640 bits per heavy atom. The van der Waals surface area contributed by atoms with Gasteiger partial charge >= 0.3 is 17.9 Å². The molecule has 0 aromatic carbocycles. The molecule has 0 heterocycles. The molecule has 25 heavy (non-hydrogen) atoms. The lowest BCUT2D eigenvalue weighted by molar-refractivity contribution is -0.157. The van der Waals surface area contributed by atoms with Crippen LogP contribution in [0, 0.1) is 10.8 Å². The van der Waals surface area contributed by atoms with Crippen molar-refractivity contribution in [2.75, 3.05) is 39.6 Å². The van der Waals surface area contributed by atoms with Crippen molar-refractivity contribution in [3.63, 3.8) is 0 Å². The molecular formula is C16H30O9.